The minimum absolute atomic E-state index is 0.00349. The molecule has 0 radical (unpaired) electrons. The Hall–Kier alpha value is -2.53. The van der Waals surface area contributed by atoms with Crippen LogP contribution >= 0.6 is 0 Å². The maximum absolute atomic E-state index is 12.4. The smallest absolute Gasteiger partial charge is 0.434 e. The van der Waals surface area contributed by atoms with Crippen molar-refractivity contribution in [3.63, 3.8) is 0 Å². The van der Waals surface area contributed by atoms with Gasteiger partial charge in [-0.3, -0.25) is 9.63 Å². The molecule has 0 bridgehead atoms. The lowest BCUT2D eigenvalue weighted by Gasteiger charge is -2.28. The molecule has 0 saturated heterocycles. The molecule has 0 saturated carbocycles. The van der Waals surface area contributed by atoms with Gasteiger partial charge in [-0.05, 0) is 46.0 Å². The molecule has 1 heterocycles. The number of nitro groups is 1. The van der Waals surface area contributed by atoms with Crippen molar-refractivity contribution >= 4 is 17.8 Å². The molecule has 0 fully saturated rings. The van der Waals surface area contributed by atoms with E-state index in [2.05, 4.69) is 15.8 Å². The minimum Gasteiger partial charge on any atom is -0.444 e. The average Bonchev–Trinajstić information content (AvgIpc) is 3.08. The van der Waals surface area contributed by atoms with Crippen LogP contribution in [0.15, 0.2) is 12.4 Å². The van der Waals surface area contributed by atoms with Crippen molar-refractivity contribution in [3.05, 3.63) is 22.5 Å². The quantitative estimate of drug-likeness (QED) is 0.384. The number of aromatic nitrogens is 2. The molecule has 0 aromatic carbocycles. The van der Waals surface area contributed by atoms with Crippen LogP contribution in [0.2, 0.25) is 0 Å². The van der Waals surface area contributed by atoms with Crippen LogP contribution in [0.5, 0.6) is 0 Å². The van der Waals surface area contributed by atoms with E-state index in [9.17, 15) is 19.7 Å². The number of rotatable bonds is 12. The molecule has 2 N–H and O–H groups in total. The zero-order valence-corrected chi connectivity index (χ0v) is 18.6. The van der Waals surface area contributed by atoms with Crippen molar-refractivity contribution in [2.75, 3.05) is 6.54 Å². The second kappa shape index (κ2) is 11.0. The van der Waals surface area contributed by atoms with Crippen molar-refractivity contribution < 1.29 is 24.1 Å². The molecule has 0 aliphatic rings. The monoisotopic (exact) mass is 427 g/mol. The molecule has 170 valence electrons. The summed E-state index contributed by atoms with van der Waals surface area (Å²) in [6.07, 6.45) is 3.46. The average molecular weight is 428 g/mol. The Morgan fingerprint density at radius 2 is 1.97 bits per heavy atom. The molecule has 11 heteroatoms. The van der Waals surface area contributed by atoms with Crippen LogP contribution in [0, 0.1) is 10.1 Å². The first-order valence-electron chi connectivity index (χ1n) is 9.94. The molecule has 0 aliphatic heterocycles. The number of ether oxygens (including phenoxy) is 1. The summed E-state index contributed by atoms with van der Waals surface area (Å²) in [7, 11) is 0. The van der Waals surface area contributed by atoms with Gasteiger partial charge < -0.3 is 20.2 Å². The van der Waals surface area contributed by atoms with E-state index in [1.54, 1.807) is 34.6 Å². The predicted molar refractivity (Wildman–Crippen MR) is 110 cm³/mol. The number of nitrogens with one attached hydrogen (secondary N) is 2. The van der Waals surface area contributed by atoms with Crippen LogP contribution < -0.4 is 10.8 Å². The standard InChI is InChI=1S/C19H33N5O6/c1-7-8-9-15(25)19(5,6)22-30-14(12-21-17(26)29-18(2,3)4)13-23-11-10-20-16(23)24(27)28/h10-11,14,22H,7-9,12-13H2,1-6H3,(H,21,26). The lowest BCUT2D eigenvalue weighted by atomic mass is 9.96. The number of hydrogen-bond acceptors (Lipinski definition) is 8. The summed E-state index contributed by atoms with van der Waals surface area (Å²) in [4.78, 5) is 44.3. The Bertz CT molecular complexity index is 725. The van der Waals surface area contributed by atoms with Crippen molar-refractivity contribution in [1.82, 2.24) is 20.3 Å². The van der Waals surface area contributed by atoms with Gasteiger partial charge in [0.2, 0.25) is 0 Å². The summed E-state index contributed by atoms with van der Waals surface area (Å²) < 4.78 is 6.51. The van der Waals surface area contributed by atoms with Gasteiger partial charge in [0.05, 0.1) is 12.1 Å². The second-order valence-corrected chi connectivity index (χ2v) is 8.51. The number of nitrogens with zero attached hydrogens (tertiary/aromatic N) is 3. The van der Waals surface area contributed by atoms with Gasteiger partial charge in [0.15, 0.2) is 5.78 Å². The third kappa shape index (κ3) is 8.87. The van der Waals surface area contributed by atoms with Gasteiger partial charge in [0.1, 0.15) is 30.6 Å². The first-order chi connectivity index (χ1) is 13.9. The highest BCUT2D eigenvalue weighted by atomic mass is 16.7. The maximum atomic E-state index is 12.4. The van der Waals surface area contributed by atoms with E-state index in [4.69, 9.17) is 9.57 Å². The third-order valence-corrected chi connectivity index (χ3v) is 4.07. The Morgan fingerprint density at radius 1 is 1.30 bits per heavy atom. The Labute approximate surface area is 176 Å². The number of ketones is 1. The molecule has 0 aliphatic carbocycles. The van der Waals surface area contributed by atoms with Crippen LogP contribution in [-0.4, -0.2) is 50.1 Å². The highest BCUT2D eigenvalue weighted by Crippen LogP contribution is 2.13. The lowest BCUT2D eigenvalue weighted by Crippen LogP contribution is -2.50. The van der Waals surface area contributed by atoms with E-state index in [1.165, 1.54) is 17.0 Å². The summed E-state index contributed by atoms with van der Waals surface area (Å²) in [5.41, 5.74) is 1.13. The van der Waals surface area contributed by atoms with E-state index in [0.717, 1.165) is 12.8 Å². The van der Waals surface area contributed by atoms with E-state index in [1.807, 2.05) is 6.92 Å². The SMILES string of the molecule is CCCCC(=O)C(C)(C)NOC(CNC(=O)OC(C)(C)C)Cn1ccnc1[N+](=O)[O-]. The van der Waals surface area contributed by atoms with Crippen LogP contribution in [-0.2, 0) is 20.9 Å². The fraction of sp³-hybridized carbons (Fsp3) is 0.737. The molecule has 30 heavy (non-hydrogen) atoms. The van der Waals surface area contributed by atoms with Gasteiger partial charge in [-0.15, -0.1) is 0 Å². The Morgan fingerprint density at radius 3 is 2.53 bits per heavy atom. The first-order valence-corrected chi connectivity index (χ1v) is 9.94. The van der Waals surface area contributed by atoms with Crippen molar-refractivity contribution in [2.24, 2.45) is 0 Å². The number of alkyl carbamates (subject to hydrolysis) is 1. The summed E-state index contributed by atoms with van der Waals surface area (Å²) in [6.45, 7) is 10.6. The molecule has 1 aromatic heterocycles. The summed E-state index contributed by atoms with van der Waals surface area (Å²) in [5, 5.41) is 13.7. The number of amides is 1. The lowest BCUT2D eigenvalue weighted by molar-refractivity contribution is -0.397. The molecule has 1 aromatic rings. The number of carbonyl (C=O) groups is 2. The zero-order valence-electron chi connectivity index (χ0n) is 18.6. The number of carbonyl (C=O) groups excluding carboxylic acids is 2. The van der Waals surface area contributed by atoms with Crippen LogP contribution in [0.4, 0.5) is 10.7 Å². The molecule has 1 rings (SSSR count). The number of Topliss-reactive ketones (excluding diaryl/α,β-unsaturated/α-hetero) is 1. The van der Waals surface area contributed by atoms with E-state index >= 15 is 0 Å². The fourth-order valence-corrected chi connectivity index (χ4v) is 2.43. The molecule has 1 unspecified atom stereocenters. The third-order valence-electron chi connectivity index (χ3n) is 4.07. The van der Waals surface area contributed by atoms with Gasteiger partial charge in [0.25, 0.3) is 0 Å². The topological polar surface area (TPSA) is 138 Å². The van der Waals surface area contributed by atoms with Crippen molar-refractivity contribution in [1.29, 1.82) is 0 Å². The van der Waals surface area contributed by atoms with E-state index in [0.29, 0.717) is 6.42 Å². The number of hydroxylamine groups is 1. The number of imidazole rings is 1. The van der Waals surface area contributed by atoms with Crippen LogP contribution in [0.25, 0.3) is 0 Å². The van der Waals surface area contributed by atoms with Crippen molar-refractivity contribution in [2.45, 2.75) is 84.6 Å². The summed E-state index contributed by atoms with van der Waals surface area (Å²) in [6, 6.07) is 0. The second-order valence-electron chi connectivity index (χ2n) is 8.51. The van der Waals surface area contributed by atoms with Gasteiger partial charge in [0, 0.05) is 6.42 Å². The van der Waals surface area contributed by atoms with Crippen LogP contribution in [0.3, 0.4) is 0 Å². The molecule has 11 nitrogen and oxygen atoms in total. The largest absolute Gasteiger partial charge is 0.444 e. The van der Waals surface area contributed by atoms with Crippen molar-refractivity contribution in [3.8, 4) is 0 Å². The normalized spacial score (nSPS) is 13.0. The minimum atomic E-state index is -0.958. The number of hydrogen-bond donors (Lipinski definition) is 2. The zero-order chi connectivity index (χ0) is 22.9. The van der Waals surface area contributed by atoms with E-state index in [-0.39, 0.29) is 24.8 Å². The molecular weight excluding hydrogens is 394 g/mol. The van der Waals surface area contributed by atoms with Gasteiger partial charge >= 0.3 is 12.0 Å². The van der Waals surface area contributed by atoms with Gasteiger partial charge in [-0.25, -0.2) is 9.36 Å². The summed E-state index contributed by atoms with van der Waals surface area (Å²) in [5.74, 6) is -0.365. The predicted octanol–water partition coefficient (Wildman–Crippen LogP) is 2.74. The Balaban J connectivity index is 2.83. The van der Waals surface area contributed by atoms with E-state index < -0.39 is 28.3 Å². The molecule has 1 atom stereocenters. The fourth-order valence-electron chi connectivity index (χ4n) is 2.43. The number of unbranched alkanes of at least 4 members (excludes halogenated alkanes) is 1. The molecule has 1 amide bonds. The Kier molecular flexibility index (Phi) is 9.37. The molecular formula is C19H33N5O6. The van der Waals surface area contributed by atoms with Gasteiger partial charge in [-0.1, -0.05) is 18.3 Å². The molecule has 0 spiro atoms. The van der Waals surface area contributed by atoms with Gasteiger partial charge in [-0.2, -0.15) is 5.48 Å². The first kappa shape index (κ1) is 25.5. The highest BCUT2D eigenvalue weighted by Gasteiger charge is 2.29. The highest BCUT2D eigenvalue weighted by molar-refractivity contribution is 5.87. The maximum Gasteiger partial charge on any atom is 0.434 e. The summed E-state index contributed by atoms with van der Waals surface area (Å²) >= 11 is 0. The van der Waals surface area contributed by atoms with Crippen LogP contribution in [0.1, 0.15) is 60.8 Å².